The van der Waals surface area contributed by atoms with E-state index < -0.39 is 0 Å². The lowest BCUT2D eigenvalue weighted by molar-refractivity contribution is 0.100. The summed E-state index contributed by atoms with van der Waals surface area (Å²) >= 11 is 6.34. The standard InChI is InChI=1S/C25H23ClN8O3/c1-14(35)15-2-5-21(27-11-15)32-25(37)34-8-6-17(7-9-34)30-22-20(26)13-29-24(33-22)31-18-3-4-19-16(10-18)12-28-23(19)36/h2-5,10-13,17H,6-9H2,1H3,(H,27,32,37)(H2,29,30,31,33). The summed E-state index contributed by atoms with van der Waals surface area (Å²) in [5.74, 6) is 0.912. The molecule has 0 atom stereocenters. The number of fused-ring (bicyclic) bond motifs is 1. The Labute approximate surface area is 217 Å². The number of Topliss-reactive ketones (excluding diaryl/α,β-unsaturated/α-hetero) is 1. The molecule has 0 unspecified atom stereocenters. The van der Waals surface area contributed by atoms with Crippen LogP contribution in [0.15, 0.2) is 47.7 Å². The first-order valence-electron chi connectivity index (χ1n) is 11.7. The molecule has 1 saturated heterocycles. The number of nitrogens with one attached hydrogen (secondary N) is 3. The molecule has 2 aliphatic heterocycles. The van der Waals surface area contributed by atoms with E-state index in [4.69, 9.17) is 11.6 Å². The number of piperidine rings is 1. The molecule has 3 aromatic rings. The van der Waals surface area contributed by atoms with Crippen molar-refractivity contribution in [3.63, 3.8) is 0 Å². The first-order chi connectivity index (χ1) is 17.9. The van der Waals surface area contributed by atoms with E-state index in [1.54, 1.807) is 29.2 Å². The maximum Gasteiger partial charge on any atom is 0.323 e. The molecule has 5 rings (SSSR count). The Kier molecular flexibility index (Phi) is 6.78. The monoisotopic (exact) mass is 518 g/mol. The summed E-state index contributed by atoms with van der Waals surface area (Å²) in [6.07, 6.45) is 5.90. The zero-order valence-electron chi connectivity index (χ0n) is 19.9. The minimum atomic E-state index is -0.251. The van der Waals surface area contributed by atoms with Gasteiger partial charge in [-0.25, -0.2) is 19.8 Å². The SMILES string of the molecule is CC(=O)c1ccc(NC(=O)N2CCC(Nc3nc(Nc4ccc5c(c4)C=NC5=O)ncc3Cl)CC2)nc1. The molecule has 2 aliphatic rings. The maximum absolute atomic E-state index is 12.6. The zero-order chi connectivity index (χ0) is 25.9. The van der Waals surface area contributed by atoms with Gasteiger partial charge in [0.25, 0.3) is 5.91 Å². The van der Waals surface area contributed by atoms with Gasteiger partial charge >= 0.3 is 6.03 Å². The van der Waals surface area contributed by atoms with Gasteiger partial charge < -0.3 is 15.5 Å². The largest absolute Gasteiger partial charge is 0.366 e. The van der Waals surface area contributed by atoms with E-state index >= 15 is 0 Å². The van der Waals surface area contributed by atoms with Gasteiger partial charge in [0.05, 0.1) is 11.8 Å². The summed E-state index contributed by atoms with van der Waals surface area (Å²) in [5.41, 5.74) is 2.51. The Bertz CT molecular complexity index is 1400. The second-order valence-electron chi connectivity index (χ2n) is 8.70. The number of rotatable bonds is 6. The van der Waals surface area contributed by atoms with Crippen LogP contribution < -0.4 is 16.0 Å². The van der Waals surface area contributed by atoms with E-state index in [-0.39, 0.29) is 23.8 Å². The first kappa shape index (κ1) is 24.3. The summed E-state index contributed by atoms with van der Waals surface area (Å²) in [6.45, 7) is 2.55. The third-order valence-electron chi connectivity index (χ3n) is 6.13. The van der Waals surface area contributed by atoms with Gasteiger partial charge in [-0.3, -0.25) is 14.9 Å². The van der Waals surface area contributed by atoms with Crippen LogP contribution in [0.4, 0.5) is 28.1 Å². The minimum absolute atomic E-state index is 0.0690. The van der Waals surface area contributed by atoms with Crippen LogP contribution >= 0.6 is 11.6 Å². The normalized spacial score (nSPS) is 14.9. The predicted molar refractivity (Wildman–Crippen MR) is 140 cm³/mol. The third-order valence-corrected chi connectivity index (χ3v) is 6.41. The fourth-order valence-corrected chi connectivity index (χ4v) is 4.23. The Balaban J connectivity index is 1.16. The highest BCUT2D eigenvalue weighted by Gasteiger charge is 2.24. The van der Waals surface area contributed by atoms with E-state index in [0.29, 0.717) is 59.7 Å². The van der Waals surface area contributed by atoms with Gasteiger partial charge in [0.1, 0.15) is 10.8 Å². The molecule has 12 heteroatoms. The Morgan fingerprint density at radius 2 is 1.89 bits per heavy atom. The van der Waals surface area contributed by atoms with Crippen LogP contribution in [0, 0.1) is 0 Å². The fraction of sp³-hybridized carbons (Fsp3) is 0.240. The summed E-state index contributed by atoms with van der Waals surface area (Å²) in [5, 5.41) is 9.64. The number of aliphatic imine (C=N–C) groups is 1. The van der Waals surface area contributed by atoms with Crippen LogP contribution in [0.5, 0.6) is 0 Å². The van der Waals surface area contributed by atoms with E-state index in [1.165, 1.54) is 25.5 Å². The number of amides is 3. The number of ketones is 1. The molecule has 2 aromatic heterocycles. The number of pyridine rings is 1. The summed E-state index contributed by atoms with van der Waals surface area (Å²) in [4.78, 5) is 54.1. The number of benzene rings is 1. The molecule has 1 aromatic carbocycles. The highest BCUT2D eigenvalue weighted by atomic mass is 35.5. The lowest BCUT2D eigenvalue weighted by Gasteiger charge is -2.32. The van der Waals surface area contributed by atoms with E-state index in [9.17, 15) is 14.4 Å². The summed E-state index contributed by atoms with van der Waals surface area (Å²) in [6, 6.07) is 8.36. The first-order valence-corrected chi connectivity index (χ1v) is 12.0. The molecular formula is C25H23ClN8O3. The number of hydrogen-bond donors (Lipinski definition) is 3. The molecule has 1 fully saturated rings. The van der Waals surface area contributed by atoms with Crippen LogP contribution in [-0.4, -0.2) is 62.9 Å². The van der Waals surface area contributed by atoms with Gasteiger partial charge in [0, 0.05) is 48.4 Å². The van der Waals surface area contributed by atoms with E-state index in [0.717, 1.165) is 11.3 Å². The number of nitrogens with zero attached hydrogens (tertiary/aromatic N) is 5. The van der Waals surface area contributed by atoms with Gasteiger partial charge in [-0.1, -0.05) is 11.6 Å². The van der Waals surface area contributed by atoms with Crippen molar-refractivity contribution in [2.45, 2.75) is 25.8 Å². The zero-order valence-corrected chi connectivity index (χ0v) is 20.6. The lowest BCUT2D eigenvalue weighted by Crippen LogP contribution is -2.44. The van der Waals surface area contributed by atoms with Gasteiger partial charge in [0.2, 0.25) is 5.95 Å². The minimum Gasteiger partial charge on any atom is -0.366 e. The number of carbonyl (C=O) groups excluding carboxylic acids is 3. The van der Waals surface area contributed by atoms with Crippen LogP contribution in [0.25, 0.3) is 0 Å². The quantitative estimate of drug-likeness (QED) is 0.413. The molecule has 188 valence electrons. The number of anilines is 4. The number of urea groups is 1. The second kappa shape index (κ2) is 10.3. The lowest BCUT2D eigenvalue weighted by atomic mass is 10.1. The highest BCUT2D eigenvalue weighted by Crippen LogP contribution is 2.26. The topological polar surface area (TPSA) is 142 Å². The number of likely N-dealkylation sites (tertiary alicyclic amines) is 1. The molecular weight excluding hydrogens is 496 g/mol. The van der Waals surface area contributed by atoms with Crippen molar-refractivity contribution in [3.8, 4) is 0 Å². The van der Waals surface area contributed by atoms with Crippen molar-refractivity contribution >= 4 is 58.8 Å². The van der Waals surface area contributed by atoms with Crippen molar-refractivity contribution in [1.29, 1.82) is 0 Å². The summed E-state index contributed by atoms with van der Waals surface area (Å²) < 4.78 is 0. The van der Waals surface area contributed by atoms with Gasteiger partial charge in [-0.2, -0.15) is 4.98 Å². The smallest absolute Gasteiger partial charge is 0.323 e. The third kappa shape index (κ3) is 5.56. The summed E-state index contributed by atoms with van der Waals surface area (Å²) in [7, 11) is 0. The Hall–Kier alpha value is -4.38. The second-order valence-corrected chi connectivity index (χ2v) is 9.11. The molecule has 0 spiro atoms. The average molecular weight is 519 g/mol. The molecule has 0 saturated carbocycles. The van der Waals surface area contributed by atoms with Crippen molar-refractivity contribution < 1.29 is 14.4 Å². The Morgan fingerprint density at radius 1 is 1.08 bits per heavy atom. The number of carbonyl (C=O) groups is 3. The van der Waals surface area contributed by atoms with E-state index in [2.05, 4.69) is 35.9 Å². The maximum atomic E-state index is 12.6. The van der Waals surface area contributed by atoms with Crippen molar-refractivity contribution in [3.05, 3.63) is 64.4 Å². The molecule has 3 N–H and O–H groups in total. The van der Waals surface area contributed by atoms with Crippen LogP contribution in [0.1, 0.15) is 46.0 Å². The van der Waals surface area contributed by atoms with Crippen molar-refractivity contribution in [1.82, 2.24) is 19.9 Å². The molecule has 0 radical (unpaired) electrons. The van der Waals surface area contributed by atoms with E-state index in [1.807, 2.05) is 6.07 Å². The van der Waals surface area contributed by atoms with Crippen molar-refractivity contribution in [2.24, 2.45) is 4.99 Å². The molecule has 0 aliphatic carbocycles. The number of aromatic nitrogens is 3. The van der Waals surface area contributed by atoms with Crippen molar-refractivity contribution in [2.75, 3.05) is 29.0 Å². The van der Waals surface area contributed by atoms with Crippen LogP contribution in [-0.2, 0) is 0 Å². The van der Waals surface area contributed by atoms with Gasteiger partial charge in [-0.15, -0.1) is 0 Å². The van der Waals surface area contributed by atoms with Gasteiger partial charge in [-0.05, 0) is 50.1 Å². The van der Waals surface area contributed by atoms with Gasteiger partial charge in [0.15, 0.2) is 11.6 Å². The van der Waals surface area contributed by atoms with Crippen LogP contribution in [0.2, 0.25) is 5.02 Å². The molecule has 4 heterocycles. The molecule has 0 bridgehead atoms. The van der Waals surface area contributed by atoms with Crippen LogP contribution in [0.3, 0.4) is 0 Å². The molecule has 3 amide bonds. The number of hydrogen-bond acceptors (Lipinski definition) is 8. The Morgan fingerprint density at radius 3 is 2.62 bits per heavy atom. The molecule has 11 nitrogen and oxygen atoms in total. The average Bonchev–Trinajstić information content (AvgIpc) is 3.26. The number of halogens is 1. The fourth-order valence-electron chi connectivity index (χ4n) is 4.08. The predicted octanol–water partition coefficient (Wildman–Crippen LogP) is 4.15. The highest BCUT2D eigenvalue weighted by molar-refractivity contribution is 6.32. The molecule has 37 heavy (non-hydrogen) atoms.